The molecular weight excluding hydrogens is 268 g/mol. The summed E-state index contributed by atoms with van der Waals surface area (Å²) in [6.07, 6.45) is 0.293. The Morgan fingerprint density at radius 3 is 2.48 bits per heavy atom. The maximum Gasteiger partial charge on any atom is 0.227 e. The number of nitrogens with one attached hydrogen (secondary N) is 1. The van der Waals surface area contributed by atoms with Crippen LogP contribution in [-0.2, 0) is 4.79 Å². The molecule has 1 aromatic carbocycles. The number of rotatable bonds is 8. The number of nitrogens with zero attached hydrogens (tertiary/aromatic N) is 1. The maximum absolute atomic E-state index is 11.8. The minimum atomic E-state index is -0.523. The third-order valence-corrected chi connectivity index (χ3v) is 3.20. The van der Waals surface area contributed by atoms with Gasteiger partial charge in [-0.1, -0.05) is 13.8 Å². The van der Waals surface area contributed by atoms with Gasteiger partial charge in [-0.2, -0.15) is 0 Å². The van der Waals surface area contributed by atoms with Crippen molar-refractivity contribution in [1.29, 1.82) is 0 Å². The molecule has 0 aliphatic heterocycles. The molecule has 0 aromatic heterocycles. The minimum Gasteiger partial charge on any atom is -0.491 e. The van der Waals surface area contributed by atoms with Crippen LogP contribution in [0.2, 0.25) is 0 Å². The first-order valence-electron chi connectivity index (χ1n) is 7.29. The number of hydrogen-bond donors (Lipinski definition) is 2. The molecule has 0 aliphatic rings. The van der Waals surface area contributed by atoms with Crippen molar-refractivity contribution in [3.05, 3.63) is 24.3 Å². The number of carbonyl (C=O) groups excluding carboxylic acids is 1. The first-order chi connectivity index (χ1) is 9.92. The number of aliphatic hydroxyl groups is 1. The summed E-state index contributed by atoms with van der Waals surface area (Å²) in [6.45, 7) is 4.69. The molecule has 0 fully saturated rings. The van der Waals surface area contributed by atoms with E-state index in [0.717, 1.165) is 12.1 Å². The Morgan fingerprint density at radius 1 is 1.33 bits per heavy atom. The van der Waals surface area contributed by atoms with E-state index in [9.17, 15) is 9.90 Å². The van der Waals surface area contributed by atoms with Crippen molar-refractivity contribution in [3.8, 4) is 5.75 Å². The zero-order valence-electron chi connectivity index (χ0n) is 13.3. The van der Waals surface area contributed by atoms with Crippen LogP contribution in [-0.4, -0.2) is 49.3 Å². The summed E-state index contributed by atoms with van der Waals surface area (Å²) in [5.74, 6) is 0.698. The summed E-state index contributed by atoms with van der Waals surface area (Å²) < 4.78 is 5.51. The smallest absolute Gasteiger partial charge is 0.227 e. The van der Waals surface area contributed by atoms with E-state index in [0.29, 0.717) is 12.3 Å². The molecule has 0 radical (unpaired) electrons. The maximum atomic E-state index is 11.8. The van der Waals surface area contributed by atoms with Crippen molar-refractivity contribution < 1.29 is 14.6 Å². The molecular formula is C16H26N2O3. The number of anilines is 1. The van der Waals surface area contributed by atoms with E-state index in [1.54, 1.807) is 24.3 Å². The number of benzene rings is 1. The summed E-state index contributed by atoms with van der Waals surface area (Å²) in [6, 6.07) is 7.17. The number of likely N-dealkylation sites (N-methyl/N-ethyl adjacent to an activating group) is 1. The Labute approximate surface area is 126 Å². The second-order valence-corrected chi connectivity index (χ2v) is 5.55. The van der Waals surface area contributed by atoms with Crippen LogP contribution in [0, 0.1) is 5.92 Å². The van der Waals surface area contributed by atoms with E-state index in [-0.39, 0.29) is 18.4 Å². The Morgan fingerprint density at radius 2 is 1.95 bits per heavy atom. The number of carbonyl (C=O) groups is 1. The Bertz CT molecular complexity index is 432. The van der Waals surface area contributed by atoms with E-state index >= 15 is 0 Å². The predicted molar refractivity (Wildman–Crippen MR) is 84.6 cm³/mol. The van der Waals surface area contributed by atoms with Crippen molar-refractivity contribution >= 4 is 11.6 Å². The average Bonchev–Trinajstić information content (AvgIpc) is 2.44. The van der Waals surface area contributed by atoms with Gasteiger partial charge in [-0.25, -0.2) is 0 Å². The van der Waals surface area contributed by atoms with Gasteiger partial charge in [0.15, 0.2) is 0 Å². The summed E-state index contributed by atoms with van der Waals surface area (Å²) in [5.41, 5.74) is 0.751. The van der Waals surface area contributed by atoms with Crippen molar-refractivity contribution in [3.63, 3.8) is 0 Å². The van der Waals surface area contributed by atoms with Crippen LogP contribution in [0.4, 0.5) is 5.69 Å². The lowest BCUT2D eigenvalue weighted by Gasteiger charge is -2.16. The molecule has 2 unspecified atom stereocenters. The van der Waals surface area contributed by atoms with Crippen LogP contribution in [0.1, 0.15) is 20.3 Å². The standard InChI is InChI=1S/C16H26N2O3/c1-5-12(2)16(20)17-13-6-8-15(9-7-13)21-11-14(19)10-18(3)4/h6-9,12,14,19H,5,10-11H2,1-4H3,(H,17,20). The molecule has 0 spiro atoms. The summed E-state index contributed by atoms with van der Waals surface area (Å²) in [5, 5.41) is 12.6. The van der Waals surface area contributed by atoms with Gasteiger partial charge in [-0.15, -0.1) is 0 Å². The van der Waals surface area contributed by atoms with Gasteiger partial charge in [-0.05, 0) is 44.8 Å². The zero-order chi connectivity index (χ0) is 15.8. The molecule has 0 saturated heterocycles. The molecule has 2 N–H and O–H groups in total. The third-order valence-electron chi connectivity index (χ3n) is 3.20. The molecule has 0 aliphatic carbocycles. The highest BCUT2D eigenvalue weighted by Gasteiger charge is 2.10. The highest BCUT2D eigenvalue weighted by atomic mass is 16.5. The van der Waals surface area contributed by atoms with E-state index < -0.39 is 6.10 Å². The molecule has 1 amide bonds. The van der Waals surface area contributed by atoms with Gasteiger partial charge in [0.2, 0.25) is 5.91 Å². The molecule has 5 heteroatoms. The van der Waals surface area contributed by atoms with Gasteiger partial charge < -0.3 is 20.1 Å². The van der Waals surface area contributed by atoms with E-state index in [4.69, 9.17) is 4.74 Å². The zero-order valence-corrected chi connectivity index (χ0v) is 13.3. The van der Waals surface area contributed by atoms with Crippen molar-refractivity contribution in [1.82, 2.24) is 4.90 Å². The van der Waals surface area contributed by atoms with Crippen LogP contribution >= 0.6 is 0 Å². The van der Waals surface area contributed by atoms with Gasteiger partial charge >= 0.3 is 0 Å². The first-order valence-corrected chi connectivity index (χ1v) is 7.29. The lowest BCUT2D eigenvalue weighted by molar-refractivity contribution is -0.119. The van der Waals surface area contributed by atoms with Gasteiger partial charge in [0, 0.05) is 18.2 Å². The molecule has 0 saturated carbocycles. The van der Waals surface area contributed by atoms with E-state index in [2.05, 4.69) is 5.32 Å². The van der Waals surface area contributed by atoms with Gasteiger partial charge in [0.05, 0.1) is 0 Å². The molecule has 5 nitrogen and oxygen atoms in total. The van der Waals surface area contributed by atoms with Crippen LogP contribution in [0.25, 0.3) is 0 Å². The van der Waals surface area contributed by atoms with Crippen molar-refractivity contribution in [2.75, 3.05) is 32.6 Å². The lowest BCUT2D eigenvalue weighted by Crippen LogP contribution is -2.30. The SMILES string of the molecule is CCC(C)C(=O)Nc1ccc(OCC(O)CN(C)C)cc1. The monoisotopic (exact) mass is 294 g/mol. The third kappa shape index (κ3) is 6.60. The Hall–Kier alpha value is -1.59. The molecule has 0 bridgehead atoms. The summed E-state index contributed by atoms with van der Waals surface area (Å²) in [7, 11) is 3.80. The number of amides is 1. The van der Waals surface area contributed by atoms with Crippen molar-refractivity contribution in [2.24, 2.45) is 5.92 Å². The lowest BCUT2D eigenvalue weighted by atomic mass is 10.1. The number of aliphatic hydroxyl groups excluding tert-OH is 1. The quantitative estimate of drug-likeness (QED) is 0.769. The first kappa shape index (κ1) is 17.5. The molecule has 21 heavy (non-hydrogen) atoms. The van der Waals surface area contributed by atoms with E-state index in [1.807, 2.05) is 32.8 Å². The van der Waals surface area contributed by atoms with Gasteiger partial charge in [0.25, 0.3) is 0 Å². The van der Waals surface area contributed by atoms with Gasteiger partial charge in [-0.3, -0.25) is 4.79 Å². The van der Waals surface area contributed by atoms with Crippen LogP contribution < -0.4 is 10.1 Å². The summed E-state index contributed by atoms with van der Waals surface area (Å²) in [4.78, 5) is 13.7. The number of hydrogen-bond acceptors (Lipinski definition) is 4. The van der Waals surface area contributed by atoms with E-state index in [1.165, 1.54) is 0 Å². The van der Waals surface area contributed by atoms with Crippen LogP contribution in [0.5, 0.6) is 5.75 Å². The normalized spacial score (nSPS) is 13.8. The fourth-order valence-electron chi connectivity index (χ4n) is 1.75. The minimum absolute atomic E-state index is 0.00195. The highest BCUT2D eigenvalue weighted by molar-refractivity contribution is 5.92. The molecule has 2 atom stereocenters. The average molecular weight is 294 g/mol. The van der Waals surface area contributed by atoms with Crippen LogP contribution in [0.15, 0.2) is 24.3 Å². The van der Waals surface area contributed by atoms with Crippen molar-refractivity contribution in [2.45, 2.75) is 26.4 Å². The molecule has 1 aromatic rings. The fourth-order valence-corrected chi connectivity index (χ4v) is 1.75. The molecule has 118 valence electrons. The van der Waals surface area contributed by atoms with Crippen LogP contribution in [0.3, 0.4) is 0 Å². The predicted octanol–water partition coefficient (Wildman–Crippen LogP) is 1.97. The fraction of sp³-hybridized carbons (Fsp3) is 0.562. The largest absolute Gasteiger partial charge is 0.491 e. The molecule has 1 rings (SSSR count). The number of ether oxygens (including phenoxy) is 1. The highest BCUT2D eigenvalue weighted by Crippen LogP contribution is 2.17. The topological polar surface area (TPSA) is 61.8 Å². The van der Waals surface area contributed by atoms with Gasteiger partial charge in [0.1, 0.15) is 18.5 Å². The second kappa shape index (κ2) is 8.64. The second-order valence-electron chi connectivity index (χ2n) is 5.55. The summed E-state index contributed by atoms with van der Waals surface area (Å²) >= 11 is 0. The Balaban J connectivity index is 2.45. The molecule has 0 heterocycles. The Kier molecular flexibility index (Phi) is 7.19.